The van der Waals surface area contributed by atoms with Crippen LogP contribution in [0.4, 0.5) is 0 Å². The Labute approximate surface area is 267 Å². The monoisotopic (exact) mass is 592 g/mol. The quantitative estimate of drug-likeness (QED) is 0.203. The van der Waals surface area contributed by atoms with E-state index in [0.29, 0.717) is 0 Å². The highest BCUT2D eigenvalue weighted by molar-refractivity contribution is 5.87. The topological polar surface area (TPSA) is 27.7 Å². The van der Waals surface area contributed by atoms with Crippen LogP contribution < -0.4 is 14.2 Å². The largest absolute Gasteiger partial charge is 0.457 e. The van der Waals surface area contributed by atoms with Crippen LogP contribution in [0.1, 0.15) is 11.1 Å². The molecule has 0 N–H and O–H groups in total. The van der Waals surface area contributed by atoms with E-state index in [9.17, 15) is 0 Å². The van der Waals surface area contributed by atoms with Crippen molar-refractivity contribution < 1.29 is 14.2 Å². The van der Waals surface area contributed by atoms with E-state index in [4.69, 9.17) is 14.2 Å². The maximum Gasteiger partial charge on any atom is 0.170 e. The minimum atomic E-state index is 0.719. The normalized spacial score (nSPS) is 12.3. The van der Waals surface area contributed by atoms with Gasteiger partial charge in [-0.2, -0.15) is 0 Å². The molecule has 2 aliphatic heterocycles. The molecule has 0 amide bonds. The number of benzene rings is 7. The van der Waals surface area contributed by atoms with Gasteiger partial charge in [0.1, 0.15) is 11.5 Å². The summed E-state index contributed by atoms with van der Waals surface area (Å²) >= 11 is 0. The van der Waals surface area contributed by atoms with E-state index in [1.807, 2.05) is 42.5 Å². The van der Waals surface area contributed by atoms with Crippen LogP contribution >= 0.6 is 0 Å². The highest BCUT2D eigenvalue weighted by atomic mass is 16.6. The molecular formula is C43H28O3. The van der Waals surface area contributed by atoms with Crippen molar-refractivity contribution in [2.75, 3.05) is 0 Å². The zero-order chi connectivity index (χ0) is 30.5. The van der Waals surface area contributed by atoms with Gasteiger partial charge in [0.05, 0.1) is 0 Å². The first-order chi connectivity index (χ1) is 22.7. The molecule has 0 aliphatic carbocycles. The second-order valence-electron chi connectivity index (χ2n) is 11.7. The third-order valence-corrected chi connectivity index (χ3v) is 8.81. The van der Waals surface area contributed by atoms with Crippen LogP contribution in [-0.2, 0) is 6.42 Å². The standard InChI is InChI=1S/C43H28O3/c1-4-16-38-34(9-1)26-35-25-30(19-21-39(35)44-38)28-10-7-12-32(23-28)36-14-2-3-15-37(36)33-13-8-11-29(24-33)31-20-22-42-43(27-31)46-41-18-6-5-17-40(41)45-42/h1-25,27H,26H2. The molecule has 0 atom stereocenters. The number of hydrogen-bond donors (Lipinski definition) is 0. The van der Waals surface area contributed by atoms with Crippen LogP contribution in [0.2, 0.25) is 0 Å². The van der Waals surface area contributed by atoms with Gasteiger partial charge in [0, 0.05) is 6.42 Å². The van der Waals surface area contributed by atoms with Crippen LogP contribution in [0.25, 0.3) is 44.5 Å². The van der Waals surface area contributed by atoms with Gasteiger partial charge < -0.3 is 14.2 Å². The first-order valence-corrected chi connectivity index (χ1v) is 15.5. The average Bonchev–Trinajstić information content (AvgIpc) is 3.12. The van der Waals surface area contributed by atoms with Gasteiger partial charge in [-0.25, -0.2) is 0 Å². The van der Waals surface area contributed by atoms with Crippen molar-refractivity contribution in [1.82, 2.24) is 0 Å². The number of para-hydroxylation sites is 3. The highest BCUT2D eigenvalue weighted by Crippen LogP contribution is 2.47. The molecule has 3 heteroatoms. The summed E-state index contributed by atoms with van der Waals surface area (Å²) in [6, 6.07) is 54.9. The van der Waals surface area contributed by atoms with Crippen molar-refractivity contribution in [2.45, 2.75) is 6.42 Å². The van der Waals surface area contributed by atoms with Crippen molar-refractivity contribution in [2.24, 2.45) is 0 Å². The van der Waals surface area contributed by atoms with Gasteiger partial charge in [0.25, 0.3) is 0 Å². The van der Waals surface area contributed by atoms with Crippen LogP contribution in [0.5, 0.6) is 34.5 Å². The van der Waals surface area contributed by atoms with Crippen molar-refractivity contribution >= 4 is 0 Å². The van der Waals surface area contributed by atoms with E-state index in [1.165, 1.54) is 38.9 Å². The minimum Gasteiger partial charge on any atom is -0.457 e. The number of hydrogen-bond acceptors (Lipinski definition) is 3. The van der Waals surface area contributed by atoms with E-state index in [1.54, 1.807) is 0 Å². The lowest BCUT2D eigenvalue weighted by Crippen LogP contribution is -2.02. The van der Waals surface area contributed by atoms with Crippen LogP contribution in [0.3, 0.4) is 0 Å². The van der Waals surface area contributed by atoms with Crippen molar-refractivity contribution in [1.29, 1.82) is 0 Å². The summed E-state index contributed by atoms with van der Waals surface area (Å²) in [4.78, 5) is 0. The van der Waals surface area contributed by atoms with Gasteiger partial charge in [0.2, 0.25) is 0 Å². The average molecular weight is 593 g/mol. The molecule has 2 heterocycles. The van der Waals surface area contributed by atoms with Crippen LogP contribution in [-0.4, -0.2) is 0 Å². The van der Waals surface area contributed by atoms with Crippen molar-refractivity contribution in [3.05, 3.63) is 169 Å². The minimum absolute atomic E-state index is 0.719. The molecule has 3 nitrogen and oxygen atoms in total. The zero-order valence-corrected chi connectivity index (χ0v) is 24.9. The lowest BCUT2D eigenvalue weighted by Gasteiger charge is -2.21. The predicted octanol–water partition coefficient (Wildman–Crippen LogP) is 11.9. The van der Waals surface area contributed by atoms with Gasteiger partial charge in [-0.05, 0) is 110 Å². The molecule has 0 spiro atoms. The van der Waals surface area contributed by atoms with Gasteiger partial charge in [-0.1, -0.05) is 103 Å². The molecular weight excluding hydrogens is 564 g/mol. The molecule has 0 radical (unpaired) electrons. The lowest BCUT2D eigenvalue weighted by molar-refractivity contribution is 0.360. The highest BCUT2D eigenvalue weighted by Gasteiger charge is 2.20. The molecule has 218 valence electrons. The Balaban J connectivity index is 1.04. The van der Waals surface area contributed by atoms with Crippen molar-refractivity contribution in [3.8, 4) is 79.0 Å². The van der Waals surface area contributed by atoms with Gasteiger partial charge in [-0.15, -0.1) is 0 Å². The molecule has 9 rings (SSSR count). The maximum absolute atomic E-state index is 6.20. The molecule has 0 aromatic heterocycles. The molecule has 0 saturated carbocycles. The Hall–Kier alpha value is -6.06. The number of ether oxygens (including phenoxy) is 3. The lowest BCUT2D eigenvalue weighted by atomic mass is 9.90. The van der Waals surface area contributed by atoms with Crippen LogP contribution in [0.15, 0.2) is 158 Å². The maximum atomic E-state index is 6.20. The van der Waals surface area contributed by atoms with E-state index in [-0.39, 0.29) is 0 Å². The molecule has 0 saturated heterocycles. The van der Waals surface area contributed by atoms with E-state index in [0.717, 1.165) is 57.6 Å². The first-order valence-electron chi connectivity index (χ1n) is 15.5. The summed E-state index contributed by atoms with van der Waals surface area (Å²) < 4.78 is 18.5. The van der Waals surface area contributed by atoms with E-state index in [2.05, 4.69) is 115 Å². The summed E-state index contributed by atoms with van der Waals surface area (Å²) in [5.74, 6) is 4.79. The van der Waals surface area contributed by atoms with E-state index < -0.39 is 0 Å². The van der Waals surface area contributed by atoms with E-state index >= 15 is 0 Å². The summed E-state index contributed by atoms with van der Waals surface area (Å²) in [6.45, 7) is 0. The summed E-state index contributed by atoms with van der Waals surface area (Å²) in [7, 11) is 0. The summed E-state index contributed by atoms with van der Waals surface area (Å²) in [5.41, 5.74) is 11.7. The number of rotatable bonds is 4. The molecule has 0 unspecified atom stereocenters. The molecule has 7 aromatic carbocycles. The first kappa shape index (κ1) is 26.4. The Kier molecular flexibility index (Phi) is 6.20. The molecule has 0 bridgehead atoms. The smallest absolute Gasteiger partial charge is 0.170 e. The van der Waals surface area contributed by atoms with Crippen LogP contribution in [0, 0.1) is 0 Å². The predicted molar refractivity (Wildman–Crippen MR) is 184 cm³/mol. The Morgan fingerprint density at radius 3 is 1.43 bits per heavy atom. The zero-order valence-electron chi connectivity index (χ0n) is 24.9. The second kappa shape index (κ2) is 10.8. The Morgan fingerprint density at radius 2 is 0.739 bits per heavy atom. The van der Waals surface area contributed by atoms with Gasteiger partial charge in [0.15, 0.2) is 23.0 Å². The third-order valence-electron chi connectivity index (χ3n) is 8.81. The fourth-order valence-electron chi connectivity index (χ4n) is 6.50. The Morgan fingerprint density at radius 1 is 0.283 bits per heavy atom. The molecule has 0 fully saturated rings. The molecule has 46 heavy (non-hydrogen) atoms. The SMILES string of the molecule is c1cc(-c2ccc3c(c2)Cc2ccccc2O3)cc(-c2ccccc2-c2cccc(-c3ccc4c(c3)Oc3ccccc3O4)c2)c1. The fourth-order valence-corrected chi connectivity index (χ4v) is 6.50. The molecule has 7 aromatic rings. The summed E-state index contributed by atoms with van der Waals surface area (Å²) in [5, 5.41) is 0. The van der Waals surface area contributed by atoms with Gasteiger partial charge in [-0.3, -0.25) is 0 Å². The third kappa shape index (κ3) is 4.70. The number of fused-ring (bicyclic) bond motifs is 4. The Bertz CT molecular complexity index is 2120. The molecule has 2 aliphatic rings. The second-order valence-corrected chi connectivity index (χ2v) is 11.7. The van der Waals surface area contributed by atoms with Crippen molar-refractivity contribution in [3.63, 3.8) is 0 Å². The van der Waals surface area contributed by atoms with Gasteiger partial charge >= 0.3 is 0 Å². The summed E-state index contributed by atoms with van der Waals surface area (Å²) in [6.07, 6.45) is 0.870. The fraction of sp³-hybridized carbons (Fsp3) is 0.0233.